The Hall–Kier alpha value is -2.48. The third-order valence-electron chi connectivity index (χ3n) is 3.89. The van der Waals surface area contributed by atoms with Crippen molar-refractivity contribution in [3.05, 3.63) is 66.3 Å². The van der Waals surface area contributed by atoms with Crippen LogP contribution < -0.4 is 16.8 Å². The van der Waals surface area contributed by atoms with Gasteiger partial charge in [-0.3, -0.25) is 23.1 Å². The van der Waals surface area contributed by atoms with Gasteiger partial charge in [0.05, 0.1) is 12.2 Å². The second-order valence-corrected chi connectivity index (χ2v) is 6.95. The van der Waals surface area contributed by atoms with Crippen molar-refractivity contribution in [1.82, 2.24) is 18.5 Å². The maximum absolute atomic E-state index is 12.4. The summed E-state index contributed by atoms with van der Waals surface area (Å²) in [7, 11) is 0. The van der Waals surface area contributed by atoms with Crippen LogP contribution in [0.25, 0.3) is 4.96 Å². The lowest BCUT2D eigenvalue weighted by molar-refractivity contribution is 0.585. The molecule has 0 spiro atoms. The standard InChI is InChI=1S/C15H14N4O3S/c1-9-7-18-13(21)6-10(16-14(18)23-9)8-19-12(20)4-5-17(15(19)22)11-2-3-11/h4-7,11H,2-3,8H2,1H3. The van der Waals surface area contributed by atoms with Crippen LogP contribution in [0.4, 0.5) is 0 Å². The van der Waals surface area contributed by atoms with E-state index in [0.29, 0.717) is 10.7 Å². The Kier molecular flexibility index (Phi) is 3.08. The van der Waals surface area contributed by atoms with Gasteiger partial charge in [-0.25, -0.2) is 9.78 Å². The fourth-order valence-electron chi connectivity index (χ4n) is 2.61. The SMILES string of the molecule is Cc1cn2c(=O)cc(Cn3c(=O)ccn(C4CC4)c3=O)nc2s1. The molecule has 0 radical (unpaired) electrons. The number of rotatable bonds is 3. The summed E-state index contributed by atoms with van der Waals surface area (Å²) in [6.45, 7) is 1.91. The molecule has 8 heteroatoms. The van der Waals surface area contributed by atoms with E-state index in [1.807, 2.05) is 6.92 Å². The second-order valence-electron chi connectivity index (χ2n) is 5.74. The number of fused-ring (bicyclic) bond motifs is 1. The highest BCUT2D eigenvalue weighted by molar-refractivity contribution is 7.16. The first-order valence-corrected chi connectivity index (χ1v) is 8.15. The van der Waals surface area contributed by atoms with E-state index >= 15 is 0 Å². The molecule has 7 nitrogen and oxygen atoms in total. The van der Waals surface area contributed by atoms with Crippen molar-refractivity contribution < 1.29 is 0 Å². The van der Waals surface area contributed by atoms with Crippen LogP contribution in [-0.4, -0.2) is 18.5 Å². The molecule has 0 saturated heterocycles. The zero-order chi connectivity index (χ0) is 16.1. The lowest BCUT2D eigenvalue weighted by Gasteiger charge is -2.08. The zero-order valence-electron chi connectivity index (χ0n) is 12.4. The summed E-state index contributed by atoms with van der Waals surface area (Å²) in [5, 5.41) is 0. The van der Waals surface area contributed by atoms with Crippen molar-refractivity contribution in [2.45, 2.75) is 32.4 Å². The molecular weight excluding hydrogens is 316 g/mol. The quantitative estimate of drug-likeness (QED) is 0.711. The Morgan fingerprint density at radius 1 is 1.26 bits per heavy atom. The largest absolute Gasteiger partial charge is 0.331 e. The fourth-order valence-corrected chi connectivity index (χ4v) is 3.46. The van der Waals surface area contributed by atoms with E-state index in [1.165, 1.54) is 27.9 Å². The molecule has 0 amide bonds. The normalized spacial score (nSPS) is 14.5. The maximum atomic E-state index is 12.4. The zero-order valence-corrected chi connectivity index (χ0v) is 13.2. The van der Waals surface area contributed by atoms with Crippen molar-refractivity contribution in [3.8, 4) is 0 Å². The van der Waals surface area contributed by atoms with Gasteiger partial charge in [-0.15, -0.1) is 11.3 Å². The van der Waals surface area contributed by atoms with Crippen LogP contribution in [0.15, 0.2) is 38.9 Å². The Morgan fingerprint density at radius 2 is 2.04 bits per heavy atom. The topological polar surface area (TPSA) is 78.4 Å². The number of aryl methyl sites for hydroxylation is 1. The molecule has 3 aromatic heterocycles. The predicted molar refractivity (Wildman–Crippen MR) is 86.4 cm³/mol. The first-order chi connectivity index (χ1) is 11.0. The third-order valence-corrected chi connectivity index (χ3v) is 4.79. The van der Waals surface area contributed by atoms with Crippen molar-refractivity contribution in [1.29, 1.82) is 0 Å². The summed E-state index contributed by atoms with van der Waals surface area (Å²) in [5.74, 6) is 0. The molecule has 4 rings (SSSR count). The Labute approximate surface area is 134 Å². The van der Waals surface area contributed by atoms with Gasteiger partial charge in [-0.05, 0) is 19.8 Å². The number of aromatic nitrogens is 4. The minimum atomic E-state index is -0.378. The first-order valence-electron chi connectivity index (χ1n) is 7.33. The molecule has 0 aromatic carbocycles. The van der Waals surface area contributed by atoms with Crippen LogP contribution in [-0.2, 0) is 6.54 Å². The smallest absolute Gasteiger partial charge is 0.297 e. The number of hydrogen-bond donors (Lipinski definition) is 0. The second kappa shape index (κ2) is 5.02. The van der Waals surface area contributed by atoms with E-state index in [1.54, 1.807) is 17.0 Å². The van der Waals surface area contributed by atoms with Gasteiger partial charge in [0, 0.05) is 35.4 Å². The van der Waals surface area contributed by atoms with E-state index in [0.717, 1.165) is 22.3 Å². The summed E-state index contributed by atoms with van der Waals surface area (Å²) in [6.07, 6.45) is 5.19. The van der Waals surface area contributed by atoms with Crippen molar-refractivity contribution in [2.24, 2.45) is 0 Å². The molecule has 23 heavy (non-hydrogen) atoms. The number of thiazole rings is 1. The van der Waals surface area contributed by atoms with Crippen LogP contribution in [0.3, 0.4) is 0 Å². The Bertz CT molecular complexity index is 1080. The summed E-state index contributed by atoms with van der Waals surface area (Å²) in [4.78, 5) is 42.5. The van der Waals surface area contributed by atoms with Crippen molar-refractivity contribution >= 4 is 16.3 Å². The highest BCUT2D eigenvalue weighted by Gasteiger charge is 2.25. The average molecular weight is 330 g/mol. The Morgan fingerprint density at radius 3 is 2.78 bits per heavy atom. The van der Waals surface area contributed by atoms with Gasteiger partial charge >= 0.3 is 5.69 Å². The highest BCUT2D eigenvalue weighted by atomic mass is 32.1. The minimum Gasteiger partial charge on any atom is -0.297 e. The molecule has 1 aliphatic rings. The maximum Gasteiger partial charge on any atom is 0.331 e. The van der Waals surface area contributed by atoms with Crippen LogP contribution in [0.1, 0.15) is 29.5 Å². The van der Waals surface area contributed by atoms with Gasteiger partial charge in [0.25, 0.3) is 11.1 Å². The molecule has 118 valence electrons. The summed E-state index contributed by atoms with van der Waals surface area (Å²) in [6, 6.07) is 2.95. The van der Waals surface area contributed by atoms with Crippen molar-refractivity contribution in [2.75, 3.05) is 0 Å². The molecule has 1 fully saturated rings. The number of nitrogens with zero attached hydrogens (tertiary/aromatic N) is 4. The van der Waals surface area contributed by atoms with Gasteiger partial charge in [0.15, 0.2) is 4.96 Å². The summed E-state index contributed by atoms with van der Waals surface area (Å²) < 4.78 is 4.19. The first kappa shape index (κ1) is 14.1. The van der Waals surface area contributed by atoms with Gasteiger partial charge in [-0.2, -0.15) is 0 Å². The molecule has 0 atom stereocenters. The van der Waals surface area contributed by atoms with Crippen LogP contribution in [0.2, 0.25) is 0 Å². The van der Waals surface area contributed by atoms with Gasteiger partial charge in [-0.1, -0.05) is 0 Å². The van der Waals surface area contributed by atoms with E-state index in [4.69, 9.17) is 0 Å². The van der Waals surface area contributed by atoms with Gasteiger partial charge < -0.3 is 0 Å². The monoisotopic (exact) mass is 330 g/mol. The molecule has 1 saturated carbocycles. The molecule has 1 aliphatic carbocycles. The van der Waals surface area contributed by atoms with Gasteiger partial charge in [0.1, 0.15) is 0 Å². The van der Waals surface area contributed by atoms with Crippen LogP contribution >= 0.6 is 11.3 Å². The van der Waals surface area contributed by atoms with Crippen LogP contribution in [0.5, 0.6) is 0 Å². The van der Waals surface area contributed by atoms with E-state index in [9.17, 15) is 14.4 Å². The number of hydrogen-bond acceptors (Lipinski definition) is 5. The van der Waals surface area contributed by atoms with Crippen LogP contribution in [0, 0.1) is 6.92 Å². The van der Waals surface area contributed by atoms with E-state index < -0.39 is 0 Å². The third kappa shape index (κ3) is 2.44. The predicted octanol–water partition coefficient (Wildman–Crippen LogP) is 0.771. The average Bonchev–Trinajstić information content (AvgIpc) is 3.25. The lowest BCUT2D eigenvalue weighted by Crippen LogP contribution is -2.39. The van der Waals surface area contributed by atoms with Crippen molar-refractivity contribution in [3.63, 3.8) is 0 Å². The molecule has 0 aliphatic heterocycles. The summed E-state index contributed by atoms with van der Waals surface area (Å²) in [5.41, 5.74) is -0.508. The molecule has 0 N–H and O–H groups in total. The van der Waals surface area contributed by atoms with Gasteiger partial charge in [0.2, 0.25) is 0 Å². The Balaban J connectivity index is 1.82. The lowest BCUT2D eigenvalue weighted by atomic mass is 10.4. The molecular formula is C15H14N4O3S. The summed E-state index contributed by atoms with van der Waals surface area (Å²) >= 11 is 1.40. The highest BCUT2D eigenvalue weighted by Crippen LogP contribution is 2.32. The minimum absolute atomic E-state index is 0.00785. The van der Waals surface area contributed by atoms with E-state index in [2.05, 4.69) is 4.98 Å². The molecule has 3 aromatic rings. The molecule has 0 unspecified atom stereocenters. The molecule has 3 heterocycles. The molecule has 0 bridgehead atoms. The van der Waals surface area contributed by atoms with E-state index in [-0.39, 0.29) is 29.4 Å². The fraction of sp³-hybridized carbons (Fsp3) is 0.333.